The number of carbonyl (C=O) groups is 2. The van der Waals surface area contributed by atoms with Crippen LogP contribution in [0.15, 0.2) is 0 Å². The van der Waals surface area contributed by atoms with Gasteiger partial charge in [-0.3, -0.25) is 4.79 Å². The van der Waals surface area contributed by atoms with E-state index in [0.29, 0.717) is 6.61 Å². The van der Waals surface area contributed by atoms with E-state index in [1.165, 1.54) is 9.80 Å². The topological polar surface area (TPSA) is 49.9 Å². The number of esters is 1. The number of hydrogen-bond donors (Lipinski definition) is 0. The van der Waals surface area contributed by atoms with Crippen LogP contribution in [-0.4, -0.2) is 55.1 Å². The van der Waals surface area contributed by atoms with Crippen LogP contribution in [0.1, 0.15) is 20.8 Å². The molecule has 0 spiro atoms. The van der Waals surface area contributed by atoms with Gasteiger partial charge in [0.05, 0.1) is 6.61 Å². The van der Waals surface area contributed by atoms with Crippen molar-refractivity contribution in [3.8, 4) is 0 Å². The molecule has 88 valence electrons. The van der Waals surface area contributed by atoms with Crippen molar-refractivity contribution in [3.63, 3.8) is 0 Å². The van der Waals surface area contributed by atoms with Gasteiger partial charge in [-0.15, -0.1) is 0 Å². The maximum Gasteiger partial charge on any atom is 0.325 e. The van der Waals surface area contributed by atoms with Gasteiger partial charge in [0.15, 0.2) is 0 Å². The summed E-state index contributed by atoms with van der Waals surface area (Å²) >= 11 is 0. The van der Waals surface area contributed by atoms with Crippen molar-refractivity contribution in [1.29, 1.82) is 0 Å². The normalized spacial score (nSPS) is 10.0. The number of carbonyl (C=O) groups excluding carboxylic acids is 2. The van der Waals surface area contributed by atoms with Crippen LogP contribution in [-0.2, 0) is 9.53 Å². The molecule has 0 unspecified atom stereocenters. The lowest BCUT2D eigenvalue weighted by atomic mass is 10.3. The first kappa shape index (κ1) is 13.7. The maximum absolute atomic E-state index is 11.7. The summed E-state index contributed by atoms with van der Waals surface area (Å²) in [6.45, 7) is 5.80. The molecule has 0 radical (unpaired) electrons. The number of nitrogens with zero attached hydrogens (tertiary/aromatic N) is 2. The summed E-state index contributed by atoms with van der Waals surface area (Å²) in [6, 6.07) is -0.206. The van der Waals surface area contributed by atoms with Crippen LogP contribution in [0.4, 0.5) is 4.79 Å². The van der Waals surface area contributed by atoms with Gasteiger partial charge in [-0.1, -0.05) is 0 Å². The zero-order valence-corrected chi connectivity index (χ0v) is 10.1. The number of hydrogen-bond acceptors (Lipinski definition) is 3. The van der Waals surface area contributed by atoms with E-state index in [4.69, 9.17) is 4.74 Å². The lowest BCUT2D eigenvalue weighted by Gasteiger charge is -2.28. The highest BCUT2D eigenvalue weighted by molar-refractivity contribution is 5.81. The Kier molecular flexibility index (Phi) is 5.74. The van der Waals surface area contributed by atoms with Crippen LogP contribution < -0.4 is 0 Å². The van der Waals surface area contributed by atoms with Crippen molar-refractivity contribution >= 4 is 12.0 Å². The van der Waals surface area contributed by atoms with Gasteiger partial charge in [0, 0.05) is 20.1 Å². The summed E-state index contributed by atoms with van der Waals surface area (Å²) in [5.41, 5.74) is 0. The molecule has 5 heteroatoms. The third-order valence-corrected chi connectivity index (χ3v) is 1.86. The van der Waals surface area contributed by atoms with E-state index in [1.54, 1.807) is 21.0 Å². The Labute approximate surface area is 91.0 Å². The highest BCUT2D eigenvalue weighted by Gasteiger charge is 2.21. The predicted octanol–water partition coefficient (Wildman–Crippen LogP) is 0.942. The second-order valence-corrected chi connectivity index (χ2v) is 3.70. The summed E-state index contributed by atoms with van der Waals surface area (Å²) < 4.78 is 4.80. The predicted molar refractivity (Wildman–Crippen MR) is 57.6 cm³/mol. The molecular formula is C10H20N2O3. The molecule has 0 aliphatic heterocycles. The SMILES string of the molecule is CCOC(=O)CN(C(=O)N(C)C)C(C)C. The summed E-state index contributed by atoms with van der Waals surface area (Å²) in [5.74, 6) is -0.374. The molecule has 0 atom stereocenters. The van der Waals surface area contributed by atoms with Crippen molar-refractivity contribution in [2.24, 2.45) is 0 Å². The lowest BCUT2D eigenvalue weighted by Crippen LogP contribution is -2.46. The van der Waals surface area contributed by atoms with Crippen molar-refractivity contribution in [2.45, 2.75) is 26.8 Å². The van der Waals surface area contributed by atoms with E-state index in [0.717, 1.165) is 0 Å². The fourth-order valence-corrected chi connectivity index (χ4v) is 1.07. The zero-order chi connectivity index (χ0) is 12.0. The molecular weight excluding hydrogens is 196 g/mol. The van der Waals surface area contributed by atoms with Gasteiger partial charge in [-0.2, -0.15) is 0 Å². The quantitative estimate of drug-likeness (QED) is 0.657. The van der Waals surface area contributed by atoms with Crippen molar-refractivity contribution in [3.05, 3.63) is 0 Å². The van der Waals surface area contributed by atoms with Crippen molar-refractivity contribution in [2.75, 3.05) is 27.2 Å². The molecule has 0 saturated heterocycles. The average Bonchev–Trinajstić information content (AvgIpc) is 2.13. The maximum atomic E-state index is 11.7. The van der Waals surface area contributed by atoms with Gasteiger partial charge in [0.25, 0.3) is 0 Å². The van der Waals surface area contributed by atoms with E-state index in [9.17, 15) is 9.59 Å². The van der Waals surface area contributed by atoms with E-state index in [-0.39, 0.29) is 24.6 Å². The largest absolute Gasteiger partial charge is 0.465 e. The van der Waals surface area contributed by atoms with Crippen LogP contribution >= 0.6 is 0 Å². The Morgan fingerprint density at radius 1 is 1.27 bits per heavy atom. The third-order valence-electron chi connectivity index (χ3n) is 1.86. The minimum Gasteiger partial charge on any atom is -0.465 e. The highest BCUT2D eigenvalue weighted by atomic mass is 16.5. The molecule has 0 aromatic carbocycles. The Bertz CT molecular complexity index is 227. The summed E-state index contributed by atoms with van der Waals surface area (Å²) in [7, 11) is 3.31. The fourth-order valence-electron chi connectivity index (χ4n) is 1.07. The summed E-state index contributed by atoms with van der Waals surface area (Å²) in [5, 5.41) is 0. The molecule has 0 aromatic rings. The first-order valence-electron chi connectivity index (χ1n) is 5.03. The Morgan fingerprint density at radius 3 is 2.13 bits per heavy atom. The summed E-state index contributed by atoms with van der Waals surface area (Å²) in [4.78, 5) is 25.8. The van der Waals surface area contributed by atoms with E-state index < -0.39 is 0 Å². The third kappa shape index (κ3) is 4.67. The molecule has 0 aliphatic rings. The first-order valence-corrected chi connectivity index (χ1v) is 5.03. The van der Waals surface area contributed by atoms with Crippen LogP contribution in [0.2, 0.25) is 0 Å². The molecule has 0 aromatic heterocycles. The molecule has 2 amide bonds. The number of amides is 2. The lowest BCUT2D eigenvalue weighted by molar-refractivity contribution is -0.144. The molecule has 0 aliphatic carbocycles. The van der Waals surface area contributed by atoms with Gasteiger partial charge in [-0.25, -0.2) is 4.79 Å². The van der Waals surface area contributed by atoms with Crippen LogP contribution in [0.5, 0.6) is 0 Å². The Morgan fingerprint density at radius 2 is 1.80 bits per heavy atom. The average molecular weight is 216 g/mol. The number of ether oxygens (including phenoxy) is 1. The zero-order valence-electron chi connectivity index (χ0n) is 10.1. The smallest absolute Gasteiger partial charge is 0.325 e. The molecule has 0 fully saturated rings. The van der Waals surface area contributed by atoms with Gasteiger partial charge >= 0.3 is 12.0 Å². The van der Waals surface area contributed by atoms with Gasteiger partial charge < -0.3 is 14.5 Å². The fraction of sp³-hybridized carbons (Fsp3) is 0.800. The Hall–Kier alpha value is -1.26. The second-order valence-electron chi connectivity index (χ2n) is 3.70. The number of rotatable bonds is 4. The molecule has 0 heterocycles. The molecule has 0 saturated carbocycles. The molecule has 0 bridgehead atoms. The van der Waals surface area contributed by atoms with Crippen LogP contribution in [0.25, 0.3) is 0 Å². The molecule has 15 heavy (non-hydrogen) atoms. The van der Waals surface area contributed by atoms with E-state index in [1.807, 2.05) is 13.8 Å². The van der Waals surface area contributed by atoms with E-state index in [2.05, 4.69) is 0 Å². The van der Waals surface area contributed by atoms with Crippen molar-refractivity contribution < 1.29 is 14.3 Å². The minimum atomic E-state index is -0.374. The van der Waals surface area contributed by atoms with E-state index >= 15 is 0 Å². The molecule has 0 N–H and O–H groups in total. The minimum absolute atomic E-state index is 0.00250. The van der Waals surface area contributed by atoms with Crippen LogP contribution in [0.3, 0.4) is 0 Å². The first-order chi connectivity index (χ1) is 6.90. The monoisotopic (exact) mass is 216 g/mol. The Balaban J connectivity index is 4.41. The van der Waals surface area contributed by atoms with Crippen LogP contribution in [0, 0.1) is 0 Å². The molecule has 5 nitrogen and oxygen atoms in total. The van der Waals surface area contributed by atoms with Gasteiger partial charge in [0.2, 0.25) is 0 Å². The number of urea groups is 1. The molecule has 0 rings (SSSR count). The van der Waals surface area contributed by atoms with Gasteiger partial charge in [0.1, 0.15) is 6.54 Å². The highest BCUT2D eigenvalue weighted by Crippen LogP contribution is 2.02. The standard InChI is InChI=1S/C10H20N2O3/c1-6-15-9(13)7-12(8(2)3)10(14)11(4)5/h8H,6-7H2,1-5H3. The summed E-state index contributed by atoms with van der Waals surface area (Å²) in [6.07, 6.45) is 0. The second kappa shape index (κ2) is 6.27. The van der Waals surface area contributed by atoms with Crippen molar-refractivity contribution in [1.82, 2.24) is 9.80 Å². The van der Waals surface area contributed by atoms with Gasteiger partial charge in [-0.05, 0) is 20.8 Å².